The molecule has 1 N–H and O–H groups in total. The molecule has 1 amide bonds. The number of halogens is 1. The molecule has 1 fully saturated rings. The number of ketones is 1. The lowest BCUT2D eigenvalue weighted by Crippen LogP contribution is -2.35. The van der Waals surface area contributed by atoms with Gasteiger partial charge in [-0.05, 0) is 60.8 Å². The van der Waals surface area contributed by atoms with Crippen molar-refractivity contribution in [1.29, 1.82) is 0 Å². The maximum Gasteiger partial charge on any atom is 0.295 e. The summed E-state index contributed by atoms with van der Waals surface area (Å²) in [6, 6.07) is 15.7. The van der Waals surface area contributed by atoms with Gasteiger partial charge in [0.05, 0.1) is 18.7 Å². The van der Waals surface area contributed by atoms with Crippen LogP contribution in [-0.4, -0.2) is 60.9 Å². The molecule has 33 heavy (non-hydrogen) atoms. The van der Waals surface area contributed by atoms with Gasteiger partial charge in [-0.15, -0.1) is 0 Å². The Kier molecular flexibility index (Phi) is 6.16. The monoisotopic (exact) mass is 448 g/mol. The summed E-state index contributed by atoms with van der Waals surface area (Å²) in [7, 11) is 5.30. The normalized spacial score (nSPS) is 17.8. The number of nitrogens with zero attached hydrogens (tertiary/aromatic N) is 2. The summed E-state index contributed by atoms with van der Waals surface area (Å²) in [5.74, 6) is -1.55. The topological polar surface area (TPSA) is 70.1 Å². The molecular weight excluding hydrogens is 423 g/mol. The van der Waals surface area contributed by atoms with Crippen LogP contribution in [0.3, 0.4) is 0 Å². The summed E-state index contributed by atoms with van der Waals surface area (Å²) >= 11 is 0. The van der Waals surface area contributed by atoms with E-state index in [2.05, 4.69) is 0 Å². The predicted molar refractivity (Wildman–Crippen MR) is 124 cm³/mol. The van der Waals surface area contributed by atoms with Crippen molar-refractivity contribution in [2.24, 2.45) is 0 Å². The summed E-state index contributed by atoms with van der Waals surface area (Å²) in [4.78, 5) is 29.3. The Morgan fingerprint density at radius 1 is 1.06 bits per heavy atom. The first-order chi connectivity index (χ1) is 15.8. The zero-order chi connectivity index (χ0) is 23.7. The quantitative estimate of drug-likeness (QED) is 0.351. The van der Waals surface area contributed by atoms with E-state index in [1.807, 2.05) is 37.2 Å². The third-order valence-electron chi connectivity index (χ3n) is 5.81. The van der Waals surface area contributed by atoms with Gasteiger partial charge in [-0.25, -0.2) is 4.39 Å². The van der Waals surface area contributed by atoms with Crippen molar-refractivity contribution < 1.29 is 23.8 Å². The van der Waals surface area contributed by atoms with Crippen LogP contribution < -0.4 is 4.74 Å². The van der Waals surface area contributed by atoms with Crippen molar-refractivity contribution in [3.8, 4) is 5.75 Å². The molecule has 0 saturated carbocycles. The molecule has 1 aliphatic rings. The summed E-state index contributed by atoms with van der Waals surface area (Å²) in [6.45, 7) is 0.768. The number of likely N-dealkylation sites (tertiary alicyclic amines) is 1. The van der Waals surface area contributed by atoms with Gasteiger partial charge >= 0.3 is 0 Å². The second kappa shape index (κ2) is 9.03. The molecule has 1 heterocycles. The summed E-state index contributed by atoms with van der Waals surface area (Å²) < 4.78 is 19.3. The third-order valence-corrected chi connectivity index (χ3v) is 5.81. The largest absolute Gasteiger partial charge is 0.507 e. The number of Topliss-reactive ketones (excluding diaryl/α,β-unsaturated/α-hetero) is 1. The minimum absolute atomic E-state index is 0.0442. The van der Waals surface area contributed by atoms with Gasteiger partial charge < -0.3 is 19.6 Å². The van der Waals surface area contributed by atoms with Crippen LogP contribution in [-0.2, 0) is 9.59 Å². The minimum Gasteiger partial charge on any atom is -0.507 e. The molecule has 1 saturated heterocycles. The molecule has 7 heteroatoms. The van der Waals surface area contributed by atoms with Gasteiger partial charge in [-0.2, -0.15) is 0 Å². The van der Waals surface area contributed by atoms with E-state index in [1.54, 1.807) is 31.4 Å². The van der Waals surface area contributed by atoms with Crippen molar-refractivity contribution in [1.82, 2.24) is 9.80 Å². The fourth-order valence-corrected chi connectivity index (χ4v) is 4.10. The number of hydrogen-bond donors (Lipinski definition) is 1. The van der Waals surface area contributed by atoms with E-state index in [1.165, 1.54) is 23.1 Å². The van der Waals surface area contributed by atoms with Crippen molar-refractivity contribution in [2.75, 3.05) is 34.3 Å². The van der Waals surface area contributed by atoms with Gasteiger partial charge in [-0.1, -0.05) is 30.3 Å². The molecular formula is C26H25FN2O4. The van der Waals surface area contributed by atoms with Gasteiger partial charge in [0.1, 0.15) is 17.3 Å². The van der Waals surface area contributed by atoms with Crippen molar-refractivity contribution in [3.63, 3.8) is 0 Å². The van der Waals surface area contributed by atoms with Gasteiger partial charge in [-0.3, -0.25) is 9.59 Å². The lowest BCUT2D eigenvalue weighted by Gasteiger charge is -2.26. The van der Waals surface area contributed by atoms with Crippen LogP contribution in [0, 0.1) is 5.82 Å². The van der Waals surface area contributed by atoms with E-state index < -0.39 is 23.5 Å². The van der Waals surface area contributed by atoms with E-state index >= 15 is 0 Å². The number of methoxy groups -OCH3 is 1. The molecule has 3 aromatic rings. The number of fused-ring (bicyclic) bond motifs is 1. The van der Waals surface area contributed by atoms with Crippen LogP contribution in [0.5, 0.6) is 5.75 Å². The molecule has 0 aromatic heterocycles. The fraction of sp³-hybridized carbons (Fsp3) is 0.231. The second-order valence-electron chi connectivity index (χ2n) is 8.28. The Labute approximate surface area is 191 Å². The smallest absolute Gasteiger partial charge is 0.295 e. The molecule has 1 aliphatic heterocycles. The average molecular weight is 448 g/mol. The van der Waals surface area contributed by atoms with Gasteiger partial charge in [0.2, 0.25) is 0 Å². The summed E-state index contributed by atoms with van der Waals surface area (Å²) in [6.07, 6.45) is 0. The number of rotatable bonds is 6. The van der Waals surface area contributed by atoms with E-state index in [4.69, 9.17) is 4.74 Å². The van der Waals surface area contributed by atoms with Crippen molar-refractivity contribution in [3.05, 3.63) is 83.2 Å². The Morgan fingerprint density at radius 3 is 2.48 bits per heavy atom. The van der Waals surface area contributed by atoms with Crippen LogP contribution in [0.4, 0.5) is 4.39 Å². The first-order valence-corrected chi connectivity index (χ1v) is 10.6. The Bertz CT molecular complexity index is 1270. The molecule has 4 rings (SSSR count). The Hall–Kier alpha value is -3.71. The maximum atomic E-state index is 14.1. The Balaban J connectivity index is 1.85. The van der Waals surface area contributed by atoms with Crippen LogP contribution in [0.25, 0.3) is 16.5 Å². The molecule has 6 nitrogen and oxygen atoms in total. The maximum absolute atomic E-state index is 14.1. The van der Waals surface area contributed by atoms with E-state index in [0.29, 0.717) is 23.4 Å². The number of carbonyl (C=O) groups is 2. The zero-order valence-corrected chi connectivity index (χ0v) is 18.7. The number of aliphatic hydroxyl groups excluding tert-OH is 1. The highest BCUT2D eigenvalue weighted by Crippen LogP contribution is 2.39. The summed E-state index contributed by atoms with van der Waals surface area (Å²) in [5.41, 5.74) is 0.789. The van der Waals surface area contributed by atoms with Crippen LogP contribution in [0.1, 0.15) is 17.2 Å². The van der Waals surface area contributed by atoms with E-state index in [9.17, 15) is 19.1 Å². The highest BCUT2D eigenvalue weighted by Gasteiger charge is 2.46. The first-order valence-electron chi connectivity index (χ1n) is 10.6. The van der Waals surface area contributed by atoms with Gasteiger partial charge in [0.15, 0.2) is 0 Å². The molecule has 0 radical (unpaired) electrons. The average Bonchev–Trinajstić information content (AvgIpc) is 3.06. The molecule has 1 unspecified atom stereocenters. The number of carbonyl (C=O) groups excluding carboxylic acids is 2. The van der Waals surface area contributed by atoms with Crippen LogP contribution >= 0.6 is 0 Å². The predicted octanol–water partition coefficient (Wildman–Crippen LogP) is 3.97. The summed E-state index contributed by atoms with van der Waals surface area (Å²) in [5, 5.41) is 13.0. The highest BCUT2D eigenvalue weighted by molar-refractivity contribution is 6.46. The zero-order valence-electron chi connectivity index (χ0n) is 18.7. The SMILES string of the molecule is COc1ccc2cc(/C(O)=C3\C(=O)C(=O)N(CCN(C)C)C3c3cccc(F)c3)ccc2c1. The van der Waals surface area contributed by atoms with Gasteiger partial charge in [0.25, 0.3) is 11.7 Å². The number of aliphatic hydroxyl groups is 1. The van der Waals surface area contributed by atoms with Crippen LogP contribution in [0.2, 0.25) is 0 Å². The molecule has 0 aliphatic carbocycles. The van der Waals surface area contributed by atoms with E-state index in [-0.39, 0.29) is 17.9 Å². The molecule has 1 atom stereocenters. The number of hydrogen-bond acceptors (Lipinski definition) is 5. The number of amides is 1. The molecule has 3 aromatic carbocycles. The molecule has 0 bridgehead atoms. The molecule has 0 spiro atoms. The lowest BCUT2D eigenvalue weighted by molar-refractivity contribution is -0.140. The third kappa shape index (κ3) is 4.32. The van der Waals surface area contributed by atoms with Crippen molar-refractivity contribution >= 4 is 28.2 Å². The number of ether oxygens (including phenoxy) is 1. The van der Waals surface area contributed by atoms with Crippen molar-refractivity contribution in [2.45, 2.75) is 6.04 Å². The minimum atomic E-state index is -0.882. The van der Waals surface area contributed by atoms with Crippen LogP contribution in [0.15, 0.2) is 66.2 Å². The van der Waals surface area contributed by atoms with Gasteiger partial charge in [0, 0.05) is 18.7 Å². The lowest BCUT2D eigenvalue weighted by atomic mass is 9.94. The first kappa shape index (κ1) is 22.5. The number of likely N-dealkylation sites (N-methyl/N-ethyl adjacent to an activating group) is 1. The Morgan fingerprint density at radius 2 is 1.79 bits per heavy atom. The van der Waals surface area contributed by atoms with E-state index in [0.717, 1.165) is 10.8 Å². The molecule has 170 valence electrons. The second-order valence-corrected chi connectivity index (χ2v) is 8.28. The fourth-order valence-electron chi connectivity index (χ4n) is 4.10. The standard InChI is InChI=1S/C26H25FN2O4/c1-28(2)11-12-29-23(18-5-4-6-20(27)14-18)22(25(31)26(29)32)24(30)19-8-7-17-15-21(33-3)10-9-16(17)13-19/h4-10,13-15,23,30H,11-12H2,1-3H3/b24-22+. The highest BCUT2D eigenvalue weighted by atomic mass is 19.1. The number of benzene rings is 3.